The zero-order chi connectivity index (χ0) is 8.27. The van der Waals surface area contributed by atoms with Crippen molar-refractivity contribution in [2.75, 3.05) is 13.2 Å². The fourth-order valence-electron chi connectivity index (χ4n) is 1.36. The number of carbonyl (C=O) groups is 1. The van der Waals surface area contributed by atoms with Crippen molar-refractivity contribution < 1.29 is 9.90 Å². The molecule has 0 aromatic carbocycles. The molecule has 4 heteroatoms. The molecule has 64 valence electrons. The van der Waals surface area contributed by atoms with E-state index >= 15 is 0 Å². The Labute approximate surface area is 66.0 Å². The molecule has 1 rings (SSSR count). The first-order valence-electron chi connectivity index (χ1n) is 3.83. The quantitative estimate of drug-likeness (QED) is 0.475. The number of rotatable bonds is 2. The van der Waals surface area contributed by atoms with Gasteiger partial charge in [0, 0.05) is 25.6 Å². The minimum absolute atomic E-state index is 0.00427. The molecular formula is C7H14N2O2. The molecule has 0 aliphatic carbocycles. The van der Waals surface area contributed by atoms with Gasteiger partial charge >= 0.3 is 0 Å². The number of carbonyl (C=O) groups excluding carboxylic acids is 1. The number of hydrogen-bond donors (Lipinski definition) is 3. The number of nitrogens with one attached hydrogen (secondary N) is 2. The van der Waals surface area contributed by atoms with Gasteiger partial charge in [0.1, 0.15) is 0 Å². The Morgan fingerprint density at radius 3 is 3.00 bits per heavy atom. The predicted molar refractivity (Wildman–Crippen MR) is 41.1 cm³/mol. The van der Waals surface area contributed by atoms with E-state index in [9.17, 15) is 4.79 Å². The Balaban J connectivity index is 2.24. The zero-order valence-corrected chi connectivity index (χ0v) is 6.63. The summed E-state index contributed by atoms with van der Waals surface area (Å²) in [6.07, 6.45) is 0.829. The second-order valence-electron chi connectivity index (χ2n) is 2.92. The molecule has 0 aromatic heterocycles. The van der Waals surface area contributed by atoms with Crippen LogP contribution in [0, 0.1) is 0 Å². The van der Waals surface area contributed by atoms with Gasteiger partial charge in [-0.05, 0) is 6.42 Å². The number of aliphatic hydroxyl groups is 1. The van der Waals surface area contributed by atoms with E-state index in [2.05, 4.69) is 10.6 Å². The molecule has 2 atom stereocenters. The summed E-state index contributed by atoms with van der Waals surface area (Å²) in [5.41, 5.74) is 0. The minimum atomic E-state index is -0.00427. The average Bonchev–Trinajstić information content (AvgIpc) is 2.34. The van der Waals surface area contributed by atoms with Crippen molar-refractivity contribution in [3.8, 4) is 0 Å². The molecule has 0 unspecified atom stereocenters. The van der Waals surface area contributed by atoms with E-state index < -0.39 is 0 Å². The van der Waals surface area contributed by atoms with E-state index in [1.54, 1.807) is 0 Å². The Morgan fingerprint density at radius 1 is 1.82 bits per heavy atom. The molecule has 1 fully saturated rings. The highest BCUT2D eigenvalue weighted by Gasteiger charge is 2.23. The molecule has 0 radical (unpaired) electrons. The fourth-order valence-corrected chi connectivity index (χ4v) is 1.36. The number of aliphatic hydroxyl groups excluding tert-OH is 1. The van der Waals surface area contributed by atoms with Gasteiger partial charge in [0.15, 0.2) is 0 Å². The van der Waals surface area contributed by atoms with Crippen LogP contribution in [0.3, 0.4) is 0 Å². The van der Waals surface area contributed by atoms with Crippen molar-refractivity contribution in [2.45, 2.75) is 25.4 Å². The summed E-state index contributed by atoms with van der Waals surface area (Å²) >= 11 is 0. The van der Waals surface area contributed by atoms with Crippen molar-refractivity contribution >= 4 is 5.91 Å². The van der Waals surface area contributed by atoms with E-state index in [0.29, 0.717) is 0 Å². The second kappa shape index (κ2) is 3.69. The third-order valence-electron chi connectivity index (χ3n) is 1.85. The van der Waals surface area contributed by atoms with Gasteiger partial charge in [-0.2, -0.15) is 0 Å². The summed E-state index contributed by atoms with van der Waals surface area (Å²) in [7, 11) is 0. The van der Waals surface area contributed by atoms with Crippen LogP contribution in [0.5, 0.6) is 0 Å². The lowest BCUT2D eigenvalue weighted by atomic mass is 10.2. The van der Waals surface area contributed by atoms with Crippen LogP contribution in [0.1, 0.15) is 13.3 Å². The van der Waals surface area contributed by atoms with Crippen LogP contribution in [-0.4, -0.2) is 36.2 Å². The van der Waals surface area contributed by atoms with Gasteiger partial charge in [0.2, 0.25) is 5.91 Å². The summed E-state index contributed by atoms with van der Waals surface area (Å²) in [5.74, 6) is -0.00427. The van der Waals surface area contributed by atoms with Crippen LogP contribution in [0.4, 0.5) is 0 Å². The molecule has 1 aliphatic heterocycles. The monoisotopic (exact) mass is 158 g/mol. The van der Waals surface area contributed by atoms with Crippen LogP contribution in [0.25, 0.3) is 0 Å². The van der Waals surface area contributed by atoms with Crippen molar-refractivity contribution in [2.24, 2.45) is 0 Å². The SMILES string of the molecule is CC(=O)N[C@@H]1CN[C@H](CO)C1. The summed E-state index contributed by atoms with van der Waals surface area (Å²) in [4.78, 5) is 10.6. The maximum absolute atomic E-state index is 10.6. The van der Waals surface area contributed by atoms with Gasteiger partial charge in [-0.1, -0.05) is 0 Å². The predicted octanol–water partition coefficient (Wildman–Crippen LogP) is -1.15. The van der Waals surface area contributed by atoms with E-state index in [1.165, 1.54) is 6.92 Å². The van der Waals surface area contributed by atoms with Gasteiger partial charge in [0.25, 0.3) is 0 Å². The molecule has 3 N–H and O–H groups in total. The van der Waals surface area contributed by atoms with Gasteiger partial charge in [-0.25, -0.2) is 0 Å². The van der Waals surface area contributed by atoms with E-state index in [1.807, 2.05) is 0 Å². The molecule has 1 amide bonds. The van der Waals surface area contributed by atoms with Gasteiger partial charge in [-0.15, -0.1) is 0 Å². The summed E-state index contributed by atoms with van der Waals surface area (Å²) in [6.45, 7) is 2.42. The first-order valence-corrected chi connectivity index (χ1v) is 3.83. The van der Waals surface area contributed by atoms with E-state index in [0.717, 1.165) is 13.0 Å². The van der Waals surface area contributed by atoms with Gasteiger partial charge in [0.05, 0.1) is 6.61 Å². The van der Waals surface area contributed by atoms with Crippen LogP contribution >= 0.6 is 0 Å². The normalized spacial score (nSPS) is 30.4. The molecule has 1 heterocycles. The number of amides is 1. The molecule has 0 aromatic rings. The molecule has 0 spiro atoms. The molecular weight excluding hydrogens is 144 g/mol. The Hall–Kier alpha value is -0.610. The van der Waals surface area contributed by atoms with Crippen LogP contribution in [0.2, 0.25) is 0 Å². The average molecular weight is 158 g/mol. The highest BCUT2D eigenvalue weighted by atomic mass is 16.3. The van der Waals surface area contributed by atoms with Crippen molar-refractivity contribution in [1.82, 2.24) is 10.6 Å². The zero-order valence-electron chi connectivity index (χ0n) is 6.63. The molecule has 1 saturated heterocycles. The van der Waals surface area contributed by atoms with Crippen molar-refractivity contribution in [3.63, 3.8) is 0 Å². The number of hydrogen-bond acceptors (Lipinski definition) is 3. The van der Waals surface area contributed by atoms with Gasteiger partial charge in [-0.3, -0.25) is 4.79 Å². The fraction of sp³-hybridized carbons (Fsp3) is 0.857. The lowest BCUT2D eigenvalue weighted by molar-refractivity contribution is -0.119. The van der Waals surface area contributed by atoms with Crippen LogP contribution in [-0.2, 0) is 4.79 Å². The van der Waals surface area contributed by atoms with Crippen molar-refractivity contribution in [3.05, 3.63) is 0 Å². The lowest BCUT2D eigenvalue weighted by Gasteiger charge is -2.08. The standard InChI is InChI=1S/C7H14N2O2/c1-5(11)9-6-2-7(4-10)8-3-6/h6-8,10H,2-4H2,1H3,(H,9,11)/t6-,7-/m0/s1. The Bertz CT molecular complexity index is 149. The summed E-state index contributed by atoms with van der Waals surface area (Å²) in [5, 5.41) is 14.6. The molecule has 0 saturated carbocycles. The maximum atomic E-state index is 10.6. The third kappa shape index (κ3) is 2.48. The van der Waals surface area contributed by atoms with E-state index in [-0.39, 0.29) is 24.6 Å². The second-order valence-corrected chi connectivity index (χ2v) is 2.92. The van der Waals surface area contributed by atoms with Gasteiger partial charge < -0.3 is 15.7 Å². The Morgan fingerprint density at radius 2 is 2.55 bits per heavy atom. The van der Waals surface area contributed by atoms with Crippen LogP contribution < -0.4 is 10.6 Å². The highest BCUT2D eigenvalue weighted by Crippen LogP contribution is 2.04. The summed E-state index contributed by atoms with van der Waals surface area (Å²) < 4.78 is 0. The first kappa shape index (κ1) is 8.49. The topological polar surface area (TPSA) is 61.4 Å². The molecule has 4 nitrogen and oxygen atoms in total. The third-order valence-corrected chi connectivity index (χ3v) is 1.85. The smallest absolute Gasteiger partial charge is 0.217 e. The first-order chi connectivity index (χ1) is 5.22. The Kier molecular flexibility index (Phi) is 2.84. The molecule has 0 bridgehead atoms. The minimum Gasteiger partial charge on any atom is -0.395 e. The van der Waals surface area contributed by atoms with Crippen LogP contribution in [0.15, 0.2) is 0 Å². The highest BCUT2D eigenvalue weighted by molar-refractivity contribution is 5.73. The lowest BCUT2D eigenvalue weighted by Crippen LogP contribution is -2.34. The summed E-state index contributed by atoms with van der Waals surface area (Å²) in [6, 6.07) is 0.358. The largest absolute Gasteiger partial charge is 0.395 e. The van der Waals surface area contributed by atoms with E-state index in [4.69, 9.17) is 5.11 Å². The molecule has 11 heavy (non-hydrogen) atoms. The molecule has 1 aliphatic rings. The van der Waals surface area contributed by atoms with Crippen molar-refractivity contribution in [1.29, 1.82) is 0 Å². The maximum Gasteiger partial charge on any atom is 0.217 e.